The smallest absolute Gasteiger partial charge is 0.341 e. The maximum Gasteiger partial charge on any atom is 0.341 e. The van der Waals surface area contributed by atoms with Crippen molar-refractivity contribution in [1.29, 1.82) is 0 Å². The lowest BCUT2D eigenvalue weighted by molar-refractivity contribution is -0.150. The van der Waals surface area contributed by atoms with Crippen LogP contribution in [0.2, 0.25) is 0 Å². The zero-order chi connectivity index (χ0) is 11.0. The van der Waals surface area contributed by atoms with Crippen LogP contribution in [0.3, 0.4) is 0 Å². The molecule has 0 radical (unpaired) electrons. The van der Waals surface area contributed by atoms with Gasteiger partial charge in [0.05, 0.1) is 12.1 Å². The Morgan fingerprint density at radius 3 is 2.43 bits per heavy atom. The monoisotopic (exact) mass is 218 g/mol. The Labute approximate surface area is 87.1 Å². The third-order valence-corrected chi connectivity index (χ3v) is 1.32. The minimum atomic E-state index is -0.562. The number of esters is 2. The number of carbonyl (C=O) groups excluding carboxylic acids is 2. The lowest BCUT2D eigenvalue weighted by Crippen LogP contribution is -1.99. The molecule has 0 N–H and O–H groups in total. The van der Waals surface area contributed by atoms with Gasteiger partial charge in [-0.1, -0.05) is 6.58 Å². The molecule has 5 heteroatoms. The highest BCUT2D eigenvalue weighted by atomic mass is 35.5. The number of halogens is 1. The van der Waals surface area contributed by atoms with Crippen LogP contribution in [0.5, 0.6) is 0 Å². The van der Waals surface area contributed by atoms with Crippen molar-refractivity contribution in [2.24, 2.45) is 0 Å². The minimum absolute atomic E-state index is 0.370. The number of carbonyl (C=O) groups is 2. The lowest BCUT2D eigenvalue weighted by Gasteiger charge is -1.89. The first-order valence-corrected chi connectivity index (χ1v) is 4.38. The predicted octanol–water partition coefficient (Wildman–Crippen LogP) is 1.40. The molecule has 0 aromatic heterocycles. The summed E-state index contributed by atoms with van der Waals surface area (Å²) in [4.78, 5) is 20.4. The quantitative estimate of drug-likeness (QED) is 0.236. The Morgan fingerprint density at radius 2 is 2.29 bits per heavy atom. The molecular weight excluding hydrogens is 208 g/mol. The van der Waals surface area contributed by atoms with Crippen LogP contribution >= 0.6 is 11.6 Å². The second kappa shape index (κ2) is 7.15. The van der Waals surface area contributed by atoms with E-state index >= 15 is 0 Å². The highest BCUT2D eigenvalue weighted by Gasteiger charge is 2.18. The van der Waals surface area contributed by atoms with Gasteiger partial charge in [-0.05, 0) is 6.92 Å². The SMILES string of the molecule is C=COCCCl.CC1=CC(=O)OC1=O. The number of alkyl halides is 1. The average Bonchev–Trinajstić information content (AvgIpc) is 2.42. The van der Waals surface area contributed by atoms with E-state index in [1.54, 1.807) is 0 Å². The molecule has 78 valence electrons. The van der Waals surface area contributed by atoms with Crippen molar-refractivity contribution in [3.05, 3.63) is 24.5 Å². The summed E-state index contributed by atoms with van der Waals surface area (Å²) >= 11 is 5.21. The number of ether oxygens (including phenoxy) is 2. The van der Waals surface area contributed by atoms with E-state index < -0.39 is 11.9 Å². The van der Waals surface area contributed by atoms with E-state index in [0.717, 1.165) is 0 Å². The summed E-state index contributed by atoms with van der Waals surface area (Å²) in [6.45, 7) is 5.41. The van der Waals surface area contributed by atoms with Gasteiger partial charge in [0.25, 0.3) is 0 Å². The lowest BCUT2D eigenvalue weighted by atomic mass is 10.3. The van der Waals surface area contributed by atoms with E-state index in [-0.39, 0.29) is 0 Å². The van der Waals surface area contributed by atoms with Crippen molar-refractivity contribution in [3.8, 4) is 0 Å². The average molecular weight is 219 g/mol. The fourth-order valence-corrected chi connectivity index (χ4v) is 0.654. The molecule has 0 aromatic carbocycles. The zero-order valence-electron chi connectivity index (χ0n) is 7.79. The Balaban J connectivity index is 0.000000255. The third kappa shape index (κ3) is 5.37. The van der Waals surface area contributed by atoms with Crippen LogP contribution < -0.4 is 0 Å². The third-order valence-electron chi connectivity index (χ3n) is 1.16. The van der Waals surface area contributed by atoms with Crippen LogP contribution in [0.25, 0.3) is 0 Å². The largest absolute Gasteiger partial charge is 0.501 e. The van der Waals surface area contributed by atoms with Gasteiger partial charge in [0.15, 0.2) is 0 Å². The van der Waals surface area contributed by atoms with Crippen LogP contribution in [0.4, 0.5) is 0 Å². The van der Waals surface area contributed by atoms with Gasteiger partial charge >= 0.3 is 11.9 Å². The molecule has 1 aliphatic heterocycles. The van der Waals surface area contributed by atoms with Gasteiger partial charge in [-0.2, -0.15) is 0 Å². The van der Waals surface area contributed by atoms with Crippen LogP contribution in [0.1, 0.15) is 6.92 Å². The van der Waals surface area contributed by atoms with Gasteiger partial charge in [-0.25, -0.2) is 9.59 Å². The molecular formula is C9H11ClO4. The fourth-order valence-electron chi connectivity index (χ4n) is 0.565. The van der Waals surface area contributed by atoms with Gasteiger partial charge < -0.3 is 9.47 Å². The Kier molecular flexibility index (Phi) is 6.49. The number of hydrogen-bond acceptors (Lipinski definition) is 4. The number of cyclic esters (lactones) is 2. The van der Waals surface area contributed by atoms with Crippen LogP contribution in [0, 0.1) is 0 Å². The molecule has 1 aliphatic rings. The second-order valence-corrected chi connectivity index (χ2v) is 2.64. The summed E-state index contributed by atoms with van der Waals surface area (Å²) in [5, 5.41) is 0. The van der Waals surface area contributed by atoms with E-state index in [1.807, 2.05) is 0 Å². The molecule has 0 unspecified atom stereocenters. The molecule has 0 amide bonds. The zero-order valence-corrected chi connectivity index (χ0v) is 8.54. The highest BCUT2D eigenvalue weighted by Crippen LogP contribution is 2.04. The Bertz CT molecular complexity index is 258. The Hall–Kier alpha value is -1.29. The first-order valence-electron chi connectivity index (χ1n) is 3.84. The molecule has 1 heterocycles. The summed E-state index contributed by atoms with van der Waals surface area (Å²) < 4.78 is 8.72. The van der Waals surface area contributed by atoms with Crippen LogP contribution in [-0.2, 0) is 19.1 Å². The summed E-state index contributed by atoms with van der Waals surface area (Å²) in [7, 11) is 0. The molecule has 0 aromatic rings. The first kappa shape index (κ1) is 12.7. The van der Waals surface area contributed by atoms with E-state index in [1.165, 1.54) is 19.3 Å². The summed E-state index contributed by atoms with van der Waals surface area (Å²) in [6.07, 6.45) is 2.55. The molecule has 0 fully saturated rings. The van der Waals surface area contributed by atoms with E-state index in [4.69, 9.17) is 11.6 Å². The number of hydrogen-bond donors (Lipinski definition) is 0. The number of rotatable bonds is 3. The molecule has 4 nitrogen and oxygen atoms in total. The van der Waals surface area contributed by atoms with Crippen molar-refractivity contribution in [1.82, 2.24) is 0 Å². The van der Waals surface area contributed by atoms with Crippen LogP contribution in [0.15, 0.2) is 24.5 Å². The van der Waals surface area contributed by atoms with Gasteiger partial charge in [0.1, 0.15) is 6.61 Å². The van der Waals surface area contributed by atoms with Crippen molar-refractivity contribution in [2.75, 3.05) is 12.5 Å². The van der Waals surface area contributed by atoms with Gasteiger partial charge in [-0.15, -0.1) is 11.6 Å². The maximum atomic E-state index is 10.3. The van der Waals surface area contributed by atoms with Crippen LogP contribution in [-0.4, -0.2) is 24.4 Å². The maximum absolute atomic E-state index is 10.3. The van der Waals surface area contributed by atoms with E-state index in [9.17, 15) is 9.59 Å². The second-order valence-electron chi connectivity index (χ2n) is 2.26. The molecule has 1 rings (SSSR count). The van der Waals surface area contributed by atoms with Crippen molar-refractivity contribution >= 4 is 23.5 Å². The molecule has 0 saturated heterocycles. The summed E-state index contributed by atoms with van der Waals surface area (Å²) in [6, 6.07) is 0. The van der Waals surface area contributed by atoms with Crippen molar-refractivity contribution < 1.29 is 19.1 Å². The highest BCUT2D eigenvalue weighted by molar-refractivity contribution is 6.17. The predicted molar refractivity (Wildman–Crippen MR) is 51.7 cm³/mol. The molecule has 0 atom stereocenters. The van der Waals surface area contributed by atoms with Gasteiger partial charge in [0.2, 0.25) is 0 Å². The standard InChI is InChI=1S/C5H4O3.C4H7ClO/c1-3-2-4(6)8-5(3)7;1-2-6-4-3-5/h2H,1H3;2H,1,3-4H2. The molecule has 0 saturated carbocycles. The van der Waals surface area contributed by atoms with E-state index in [0.29, 0.717) is 18.1 Å². The topological polar surface area (TPSA) is 52.6 Å². The first-order chi connectivity index (χ1) is 6.61. The summed E-state index contributed by atoms with van der Waals surface area (Å²) in [5.41, 5.74) is 0.370. The van der Waals surface area contributed by atoms with Gasteiger partial charge in [-0.3, -0.25) is 0 Å². The fraction of sp³-hybridized carbons (Fsp3) is 0.333. The molecule has 0 aliphatic carbocycles. The molecule has 14 heavy (non-hydrogen) atoms. The molecule has 0 bridgehead atoms. The normalized spacial score (nSPS) is 13.7. The summed E-state index contributed by atoms with van der Waals surface area (Å²) in [5.74, 6) is -0.561. The Morgan fingerprint density at radius 1 is 1.64 bits per heavy atom. The van der Waals surface area contributed by atoms with Gasteiger partial charge in [0, 0.05) is 11.6 Å². The minimum Gasteiger partial charge on any atom is -0.501 e. The van der Waals surface area contributed by atoms with Crippen molar-refractivity contribution in [2.45, 2.75) is 6.92 Å². The van der Waals surface area contributed by atoms with Crippen molar-refractivity contribution in [3.63, 3.8) is 0 Å². The van der Waals surface area contributed by atoms with E-state index in [2.05, 4.69) is 16.1 Å². The molecule has 0 spiro atoms.